The number of ether oxygens (including phenoxy) is 1. The van der Waals surface area contributed by atoms with Gasteiger partial charge in [-0.15, -0.1) is 0 Å². The Morgan fingerprint density at radius 2 is 2.19 bits per heavy atom. The first-order valence-corrected chi connectivity index (χ1v) is 6.10. The molecular weight excluding hydrogens is 202 g/mol. The molecule has 1 N–H and O–H groups in total. The van der Waals surface area contributed by atoms with Crippen molar-refractivity contribution in [2.45, 2.75) is 38.3 Å². The number of furan rings is 1. The Morgan fingerprint density at radius 1 is 1.44 bits per heavy atom. The third kappa shape index (κ3) is 2.47. The third-order valence-electron chi connectivity index (χ3n) is 3.46. The van der Waals surface area contributed by atoms with Crippen molar-refractivity contribution in [3.63, 3.8) is 0 Å². The van der Waals surface area contributed by atoms with E-state index in [0.717, 1.165) is 17.4 Å². The molecule has 1 aliphatic rings. The zero-order valence-electron chi connectivity index (χ0n) is 10.2. The fourth-order valence-corrected chi connectivity index (χ4v) is 2.68. The highest BCUT2D eigenvalue weighted by molar-refractivity contribution is 5.11. The Balaban J connectivity index is 2.06. The van der Waals surface area contributed by atoms with Gasteiger partial charge in [-0.1, -0.05) is 12.8 Å². The summed E-state index contributed by atoms with van der Waals surface area (Å²) in [4.78, 5) is 0. The van der Waals surface area contributed by atoms with Gasteiger partial charge in [-0.05, 0) is 37.9 Å². The van der Waals surface area contributed by atoms with E-state index in [4.69, 9.17) is 9.15 Å². The summed E-state index contributed by atoms with van der Waals surface area (Å²) in [6, 6.07) is 4.46. The van der Waals surface area contributed by atoms with Crippen molar-refractivity contribution in [3.05, 3.63) is 23.7 Å². The Morgan fingerprint density at radius 3 is 2.81 bits per heavy atom. The van der Waals surface area contributed by atoms with Crippen LogP contribution in [0.3, 0.4) is 0 Å². The van der Waals surface area contributed by atoms with Crippen molar-refractivity contribution in [1.29, 1.82) is 0 Å². The van der Waals surface area contributed by atoms with Crippen molar-refractivity contribution < 1.29 is 9.15 Å². The summed E-state index contributed by atoms with van der Waals surface area (Å²) in [5.74, 6) is 2.70. The Labute approximate surface area is 97.2 Å². The van der Waals surface area contributed by atoms with Crippen LogP contribution in [0.25, 0.3) is 0 Å². The molecule has 1 aromatic heterocycles. The fraction of sp³-hybridized carbons (Fsp3) is 0.692. The number of rotatable bonds is 5. The van der Waals surface area contributed by atoms with Crippen LogP contribution in [-0.2, 0) is 11.3 Å². The van der Waals surface area contributed by atoms with Gasteiger partial charge < -0.3 is 14.5 Å². The summed E-state index contributed by atoms with van der Waals surface area (Å²) in [7, 11) is 3.70. The van der Waals surface area contributed by atoms with E-state index < -0.39 is 0 Å². The minimum atomic E-state index is 0.369. The van der Waals surface area contributed by atoms with Crippen LogP contribution < -0.4 is 5.32 Å². The second kappa shape index (κ2) is 5.51. The monoisotopic (exact) mass is 223 g/mol. The molecule has 0 aromatic carbocycles. The lowest BCUT2D eigenvalue weighted by Crippen LogP contribution is -2.23. The third-order valence-corrected chi connectivity index (χ3v) is 3.46. The molecule has 0 radical (unpaired) electrons. The predicted octanol–water partition coefficient (Wildman–Crippen LogP) is 2.88. The normalized spacial score (nSPS) is 19.1. The van der Waals surface area contributed by atoms with Gasteiger partial charge in [0.2, 0.25) is 0 Å². The predicted molar refractivity (Wildman–Crippen MR) is 63.2 cm³/mol. The summed E-state index contributed by atoms with van der Waals surface area (Å²) < 4.78 is 10.9. The average molecular weight is 223 g/mol. The zero-order valence-corrected chi connectivity index (χ0v) is 10.2. The number of methoxy groups -OCH3 is 1. The second-order valence-corrected chi connectivity index (χ2v) is 4.55. The molecule has 0 spiro atoms. The quantitative estimate of drug-likeness (QED) is 0.833. The van der Waals surface area contributed by atoms with Gasteiger partial charge in [0, 0.05) is 7.11 Å². The van der Waals surface area contributed by atoms with E-state index in [1.54, 1.807) is 7.11 Å². The Kier molecular flexibility index (Phi) is 4.02. The van der Waals surface area contributed by atoms with Crippen molar-refractivity contribution in [1.82, 2.24) is 5.32 Å². The Hall–Kier alpha value is -0.800. The molecule has 1 atom stereocenters. The fourth-order valence-electron chi connectivity index (χ4n) is 2.68. The molecule has 0 aliphatic heterocycles. The molecule has 1 unspecified atom stereocenters. The topological polar surface area (TPSA) is 34.4 Å². The molecule has 0 saturated heterocycles. The van der Waals surface area contributed by atoms with E-state index in [9.17, 15) is 0 Å². The van der Waals surface area contributed by atoms with Crippen LogP contribution in [0.15, 0.2) is 16.5 Å². The second-order valence-electron chi connectivity index (χ2n) is 4.55. The molecule has 1 heterocycles. The first-order valence-electron chi connectivity index (χ1n) is 6.10. The molecule has 1 fully saturated rings. The first-order chi connectivity index (χ1) is 7.85. The maximum atomic E-state index is 5.80. The molecule has 0 amide bonds. The van der Waals surface area contributed by atoms with E-state index in [0.29, 0.717) is 12.6 Å². The van der Waals surface area contributed by atoms with Gasteiger partial charge in [-0.2, -0.15) is 0 Å². The van der Waals surface area contributed by atoms with Crippen LogP contribution >= 0.6 is 0 Å². The van der Waals surface area contributed by atoms with Gasteiger partial charge in [-0.25, -0.2) is 0 Å². The minimum absolute atomic E-state index is 0.369. The molecular formula is C13H21NO2. The van der Waals surface area contributed by atoms with Gasteiger partial charge >= 0.3 is 0 Å². The SMILES string of the molecule is CNC(c1ccc(COC)o1)C1CCCC1. The van der Waals surface area contributed by atoms with Crippen molar-refractivity contribution in [2.24, 2.45) is 5.92 Å². The van der Waals surface area contributed by atoms with E-state index in [-0.39, 0.29) is 0 Å². The average Bonchev–Trinajstić information content (AvgIpc) is 2.92. The van der Waals surface area contributed by atoms with Crippen LogP contribution in [0, 0.1) is 5.92 Å². The summed E-state index contributed by atoms with van der Waals surface area (Å²) in [6.45, 7) is 0.557. The first kappa shape index (κ1) is 11.7. The lowest BCUT2D eigenvalue weighted by Gasteiger charge is -2.20. The molecule has 1 aliphatic carbocycles. The van der Waals surface area contributed by atoms with Gasteiger partial charge in [0.1, 0.15) is 18.1 Å². The van der Waals surface area contributed by atoms with Crippen LogP contribution in [0.5, 0.6) is 0 Å². The number of nitrogens with one attached hydrogen (secondary N) is 1. The number of hydrogen-bond acceptors (Lipinski definition) is 3. The minimum Gasteiger partial charge on any atom is -0.462 e. The van der Waals surface area contributed by atoms with E-state index in [2.05, 4.69) is 11.4 Å². The maximum absolute atomic E-state index is 5.80. The maximum Gasteiger partial charge on any atom is 0.129 e. The van der Waals surface area contributed by atoms with Crippen LogP contribution in [0.4, 0.5) is 0 Å². The number of hydrogen-bond donors (Lipinski definition) is 1. The standard InChI is InChI=1S/C13H21NO2/c1-14-13(10-5-3-4-6-10)12-8-7-11(16-12)9-15-2/h7-8,10,13-14H,3-6,9H2,1-2H3. The highest BCUT2D eigenvalue weighted by Gasteiger charge is 2.27. The molecule has 2 rings (SSSR count). The smallest absolute Gasteiger partial charge is 0.129 e. The Bertz CT molecular complexity index is 315. The van der Waals surface area contributed by atoms with Crippen molar-refractivity contribution in [3.8, 4) is 0 Å². The molecule has 3 heteroatoms. The van der Waals surface area contributed by atoms with E-state index in [1.807, 2.05) is 13.1 Å². The molecule has 0 bridgehead atoms. The van der Waals surface area contributed by atoms with Crippen LogP contribution in [-0.4, -0.2) is 14.2 Å². The summed E-state index contributed by atoms with van der Waals surface area (Å²) in [5, 5.41) is 3.38. The largest absolute Gasteiger partial charge is 0.462 e. The lowest BCUT2D eigenvalue weighted by atomic mass is 9.96. The molecule has 3 nitrogen and oxygen atoms in total. The summed E-state index contributed by atoms with van der Waals surface area (Å²) in [5.41, 5.74) is 0. The van der Waals surface area contributed by atoms with Gasteiger partial charge in [0.05, 0.1) is 6.04 Å². The van der Waals surface area contributed by atoms with Gasteiger partial charge in [0.25, 0.3) is 0 Å². The highest BCUT2D eigenvalue weighted by atomic mass is 16.5. The lowest BCUT2D eigenvalue weighted by molar-refractivity contribution is 0.160. The zero-order chi connectivity index (χ0) is 11.4. The molecule has 1 aromatic rings. The summed E-state index contributed by atoms with van der Waals surface area (Å²) >= 11 is 0. The molecule has 90 valence electrons. The molecule has 1 saturated carbocycles. The van der Waals surface area contributed by atoms with E-state index in [1.165, 1.54) is 25.7 Å². The highest BCUT2D eigenvalue weighted by Crippen LogP contribution is 2.36. The molecule has 16 heavy (non-hydrogen) atoms. The summed E-state index contributed by atoms with van der Waals surface area (Å²) in [6.07, 6.45) is 5.33. The van der Waals surface area contributed by atoms with Crippen LogP contribution in [0.2, 0.25) is 0 Å². The van der Waals surface area contributed by atoms with Gasteiger partial charge in [-0.3, -0.25) is 0 Å². The van der Waals surface area contributed by atoms with Crippen molar-refractivity contribution >= 4 is 0 Å². The van der Waals surface area contributed by atoms with Crippen molar-refractivity contribution in [2.75, 3.05) is 14.2 Å². The van der Waals surface area contributed by atoms with Crippen LogP contribution in [0.1, 0.15) is 43.2 Å². The van der Waals surface area contributed by atoms with Gasteiger partial charge in [0.15, 0.2) is 0 Å². The van der Waals surface area contributed by atoms with E-state index >= 15 is 0 Å².